The number of aryl methyl sites for hydroxylation is 2. The molecule has 0 aliphatic rings. The number of benzene rings is 1. The number of hydrogen-bond acceptors (Lipinski definition) is 3. The molecule has 0 saturated carbocycles. The van der Waals surface area contributed by atoms with Crippen molar-refractivity contribution in [2.45, 2.75) is 40.7 Å². The van der Waals surface area contributed by atoms with Gasteiger partial charge in [0.25, 0.3) is 0 Å². The fraction of sp³-hybridized carbons (Fsp3) is 0.471. The van der Waals surface area contributed by atoms with Crippen molar-refractivity contribution in [2.75, 3.05) is 6.54 Å². The third kappa shape index (κ3) is 4.35. The molecule has 1 aromatic carbocycles. The maximum Gasteiger partial charge on any atom is 0.124 e. The largest absolute Gasteiger partial charge is 0.312 e. The standard InChI is InChI=1S/C17H23FN2S/c1-5-15-16(10-19-9-11(2)3)21-17(20-15)13-6-12(4)7-14(18)8-13/h6-8,11,19H,5,9-10H2,1-4H3. The van der Waals surface area contributed by atoms with Crippen LogP contribution in [0.2, 0.25) is 0 Å². The summed E-state index contributed by atoms with van der Waals surface area (Å²) in [5, 5.41) is 4.37. The summed E-state index contributed by atoms with van der Waals surface area (Å²) < 4.78 is 13.6. The van der Waals surface area contributed by atoms with Crippen LogP contribution < -0.4 is 5.32 Å². The van der Waals surface area contributed by atoms with E-state index < -0.39 is 0 Å². The SMILES string of the molecule is CCc1nc(-c2cc(C)cc(F)c2)sc1CNCC(C)C. The Labute approximate surface area is 130 Å². The third-order valence-electron chi connectivity index (χ3n) is 3.24. The molecule has 2 rings (SSSR count). The maximum atomic E-state index is 13.6. The van der Waals surface area contributed by atoms with Gasteiger partial charge in [-0.05, 0) is 49.6 Å². The first kappa shape index (κ1) is 16.1. The molecule has 0 unspecified atom stereocenters. The average molecular weight is 306 g/mol. The molecule has 1 N–H and O–H groups in total. The van der Waals surface area contributed by atoms with Crippen LogP contribution >= 0.6 is 11.3 Å². The predicted octanol–water partition coefficient (Wildman–Crippen LogP) is 4.57. The number of halogens is 1. The summed E-state index contributed by atoms with van der Waals surface area (Å²) >= 11 is 1.67. The Morgan fingerprint density at radius 3 is 2.67 bits per heavy atom. The Kier molecular flexibility index (Phi) is 5.48. The predicted molar refractivity (Wildman–Crippen MR) is 88.2 cm³/mol. The van der Waals surface area contributed by atoms with Gasteiger partial charge >= 0.3 is 0 Å². The van der Waals surface area contributed by atoms with Crippen molar-refractivity contribution in [1.82, 2.24) is 10.3 Å². The molecule has 0 fully saturated rings. The molecule has 4 heteroatoms. The zero-order valence-corrected chi connectivity index (χ0v) is 14.0. The van der Waals surface area contributed by atoms with E-state index in [2.05, 4.69) is 26.1 Å². The molecule has 0 radical (unpaired) electrons. The second kappa shape index (κ2) is 7.14. The van der Waals surface area contributed by atoms with Crippen LogP contribution in [0.15, 0.2) is 18.2 Å². The first-order chi connectivity index (χ1) is 9.99. The highest BCUT2D eigenvalue weighted by Gasteiger charge is 2.12. The van der Waals surface area contributed by atoms with Gasteiger partial charge in [0.05, 0.1) is 5.69 Å². The number of nitrogens with one attached hydrogen (secondary N) is 1. The van der Waals surface area contributed by atoms with Gasteiger partial charge in [0, 0.05) is 17.0 Å². The van der Waals surface area contributed by atoms with Gasteiger partial charge in [-0.3, -0.25) is 0 Å². The highest BCUT2D eigenvalue weighted by molar-refractivity contribution is 7.15. The van der Waals surface area contributed by atoms with Crippen molar-refractivity contribution >= 4 is 11.3 Å². The zero-order valence-electron chi connectivity index (χ0n) is 13.2. The molecule has 0 aliphatic heterocycles. The van der Waals surface area contributed by atoms with E-state index in [0.717, 1.165) is 41.3 Å². The summed E-state index contributed by atoms with van der Waals surface area (Å²) in [7, 11) is 0. The van der Waals surface area contributed by atoms with Gasteiger partial charge < -0.3 is 5.32 Å². The van der Waals surface area contributed by atoms with Crippen molar-refractivity contribution in [3.05, 3.63) is 40.2 Å². The number of thiazole rings is 1. The molecule has 0 bridgehead atoms. The first-order valence-corrected chi connectivity index (χ1v) is 8.28. The Morgan fingerprint density at radius 2 is 2.05 bits per heavy atom. The van der Waals surface area contributed by atoms with Crippen molar-refractivity contribution in [1.29, 1.82) is 0 Å². The molecule has 0 amide bonds. The summed E-state index contributed by atoms with van der Waals surface area (Å²) in [6.07, 6.45) is 0.906. The van der Waals surface area contributed by atoms with E-state index in [1.807, 2.05) is 13.0 Å². The molecule has 0 spiro atoms. The lowest BCUT2D eigenvalue weighted by molar-refractivity contribution is 0.553. The second-order valence-electron chi connectivity index (χ2n) is 5.78. The van der Waals surface area contributed by atoms with E-state index in [1.54, 1.807) is 23.5 Å². The Bertz CT molecular complexity index is 585. The van der Waals surface area contributed by atoms with E-state index >= 15 is 0 Å². The van der Waals surface area contributed by atoms with Gasteiger partial charge in [-0.2, -0.15) is 0 Å². The molecular formula is C17H23FN2S. The summed E-state index contributed by atoms with van der Waals surface area (Å²) in [5.74, 6) is 0.436. The molecular weight excluding hydrogens is 283 g/mol. The van der Waals surface area contributed by atoms with Gasteiger partial charge in [0.15, 0.2) is 0 Å². The van der Waals surface area contributed by atoms with Gasteiger partial charge in [-0.1, -0.05) is 20.8 Å². The molecule has 21 heavy (non-hydrogen) atoms. The Balaban J connectivity index is 2.23. The van der Waals surface area contributed by atoms with Crippen molar-refractivity contribution in [3.63, 3.8) is 0 Å². The highest BCUT2D eigenvalue weighted by atomic mass is 32.1. The molecule has 2 nitrogen and oxygen atoms in total. The fourth-order valence-corrected chi connectivity index (χ4v) is 3.36. The van der Waals surface area contributed by atoms with Crippen LogP contribution in [0.25, 0.3) is 10.6 Å². The van der Waals surface area contributed by atoms with E-state index in [9.17, 15) is 4.39 Å². The lowest BCUT2D eigenvalue weighted by Crippen LogP contribution is -2.18. The van der Waals surface area contributed by atoms with Gasteiger partial charge in [0.1, 0.15) is 10.8 Å². The zero-order chi connectivity index (χ0) is 15.4. The van der Waals surface area contributed by atoms with Crippen molar-refractivity contribution in [3.8, 4) is 10.6 Å². The second-order valence-corrected chi connectivity index (χ2v) is 6.87. The molecule has 1 heterocycles. The van der Waals surface area contributed by atoms with E-state index in [4.69, 9.17) is 4.98 Å². The molecule has 0 atom stereocenters. The lowest BCUT2D eigenvalue weighted by atomic mass is 10.1. The summed E-state index contributed by atoms with van der Waals surface area (Å²) in [6.45, 7) is 10.2. The Hall–Kier alpha value is -1.26. The number of aromatic nitrogens is 1. The number of hydrogen-bond donors (Lipinski definition) is 1. The number of nitrogens with zero attached hydrogens (tertiary/aromatic N) is 1. The monoisotopic (exact) mass is 306 g/mol. The minimum Gasteiger partial charge on any atom is -0.312 e. The lowest BCUT2D eigenvalue weighted by Gasteiger charge is -2.06. The molecule has 0 saturated heterocycles. The van der Waals surface area contributed by atoms with Crippen LogP contribution in [-0.4, -0.2) is 11.5 Å². The third-order valence-corrected chi connectivity index (χ3v) is 4.39. The minimum atomic E-state index is -0.197. The van der Waals surface area contributed by atoms with Crippen LogP contribution in [0.5, 0.6) is 0 Å². The molecule has 0 aliphatic carbocycles. The van der Waals surface area contributed by atoms with Crippen LogP contribution in [0.1, 0.15) is 36.9 Å². The summed E-state index contributed by atoms with van der Waals surface area (Å²) in [5.41, 5.74) is 2.92. The summed E-state index contributed by atoms with van der Waals surface area (Å²) in [6, 6.07) is 5.10. The topological polar surface area (TPSA) is 24.9 Å². The maximum absolute atomic E-state index is 13.6. The first-order valence-electron chi connectivity index (χ1n) is 7.46. The van der Waals surface area contributed by atoms with Crippen LogP contribution in [0.4, 0.5) is 4.39 Å². The molecule has 2 aromatic rings. The number of rotatable bonds is 6. The van der Waals surface area contributed by atoms with E-state index in [1.165, 1.54) is 4.88 Å². The van der Waals surface area contributed by atoms with Crippen molar-refractivity contribution in [2.24, 2.45) is 5.92 Å². The van der Waals surface area contributed by atoms with E-state index in [-0.39, 0.29) is 5.82 Å². The van der Waals surface area contributed by atoms with Gasteiger partial charge in [-0.15, -0.1) is 11.3 Å². The quantitative estimate of drug-likeness (QED) is 0.846. The van der Waals surface area contributed by atoms with Crippen LogP contribution in [0.3, 0.4) is 0 Å². The fourth-order valence-electron chi connectivity index (χ4n) is 2.26. The van der Waals surface area contributed by atoms with E-state index in [0.29, 0.717) is 5.92 Å². The highest BCUT2D eigenvalue weighted by Crippen LogP contribution is 2.29. The smallest absolute Gasteiger partial charge is 0.124 e. The van der Waals surface area contributed by atoms with Gasteiger partial charge in [0.2, 0.25) is 0 Å². The van der Waals surface area contributed by atoms with Crippen LogP contribution in [0, 0.1) is 18.7 Å². The van der Waals surface area contributed by atoms with Crippen molar-refractivity contribution < 1.29 is 4.39 Å². The summed E-state index contributed by atoms with van der Waals surface area (Å²) in [4.78, 5) is 5.95. The van der Waals surface area contributed by atoms with Crippen LogP contribution in [-0.2, 0) is 13.0 Å². The normalized spacial score (nSPS) is 11.3. The average Bonchev–Trinajstić information content (AvgIpc) is 2.80. The minimum absolute atomic E-state index is 0.197. The van der Waals surface area contributed by atoms with Gasteiger partial charge in [-0.25, -0.2) is 9.37 Å². The molecule has 114 valence electrons. The molecule has 1 aromatic heterocycles. The Morgan fingerprint density at radius 1 is 1.29 bits per heavy atom.